The van der Waals surface area contributed by atoms with Gasteiger partial charge in [0.15, 0.2) is 0 Å². The zero-order valence-corrected chi connectivity index (χ0v) is 7.36. The summed E-state index contributed by atoms with van der Waals surface area (Å²) in [7, 11) is 0. The van der Waals surface area contributed by atoms with Crippen molar-refractivity contribution in [2.75, 3.05) is 0 Å². The molecule has 0 aliphatic rings. The first-order valence-electron chi connectivity index (χ1n) is 4.17. The smallest absolute Gasteiger partial charge is 0.450 e. The van der Waals surface area contributed by atoms with Gasteiger partial charge < -0.3 is 14.8 Å². The number of carboxylic acid groups (broad SMARTS) is 1. The van der Waals surface area contributed by atoms with Crippen LogP contribution in [0.3, 0.4) is 0 Å². The normalized spacial score (nSPS) is 10.3. The zero-order valence-electron chi connectivity index (χ0n) is 7.36. The maximum absolute atomic E-state index is 10.2. The number of aromatic nitrogens is 1. The van der Waals surface area contributed by atoms with Crippen LogP contribution in [0.2, 0.25) is 0 Å². The summed E-state index contributed by atoms with van der Waals surface area (Å²) in [6, 6.07) is 7.56. The molecule has 1 heterocycles. The lowest BCUT2D eigenvalue weighted by Gasteiger charge is -2.00. The highest BCUT2D eigenvalue weighted by Gasteiger charge is 2.00. The summed E-state index contributed by atoms with van der Waals surface area (Å²) >= 11 is 0. The topological polar surface area (TPSA) is 62.3 Å². The van der Waals surface area contributed by atoms with E-state index in [-0.39, 0.29) is 6.61 Å². The number of benzene rings is 1. The molecule has 4 nitrogen and oxygen atoms in total. The standard InChI is InChI=1S/C10H9NO3/c12-10(13)14-6-7-1-2-9-8(5-7)3-4-11-9/h1-5,11H,6H2,(H,12,13). The lowest BCUT2D eigenvalue weighted by Crippen LogP contribution is -1.99. The molecule has 0 spiro atoms. The highest BCUT2D eigenvalue weighted by atomic mass is 16.7. The number of rotatable bonds is 2. The third-order valence-electron chi connectivity index (χ3n) is 1.98. The average Bonchev–Trinajstić information content (AvgIpc) is 2.61. The Morgan fingerprint density at radius 3 is 3.07 bits per heavy atom. The van der Waals surface area contributed by atoms with E-state index >= 15 is 0 Å². The summed E-state index contributed by atoms with van der Waals surface area (Å²) in [5.74, 6) is 0. The number of hydrogen-bond donors (Lipinski definition) is 2. The van der Waals surface area contributed by atoms with Gasteiger partial charge in [0.2, 0.25) is 0 Å². The van der Waals surface area contributed by atoms with Crippen molar-refractivity contribution in [1.29, 1.82) is 0 Å². The summed E-state index contributed by atoms with van der Waals surface area (Å²) in [4.78, 5) is 13.2. The Hall–Kier alpha value is -1.97. The predicted molar refractivity (Wildman–Crippen MR) is 51.1 cm³/mol. The molecule has 0 bridgehead atoms. The molecule has 1 aromatic heterocycles. The van der Waals surface area contributed by atoms with Gasteiger partial charge >= 0.3 is 6.16 Å². The van der Waals surface area contributed by atoms with Crippen LogP contribution >= 0.6 is 0 Å². The Morgan fingerprint density at radius 2 is 2.29 bits per heavy atom. The number of ether oxygens (including phenoxy) is 1. The minimum absolute atomic E-state index is 0.0937. The molecule has 14 heavy (non-hydrogen) atoms. The molecule has 0 saturated carbocycles. The van der Waals surface area contributed by atoms with E-state index in [1.165, 1.54) is 0 Å². The van der Waals surface area contributed by atoms with Gasteiger partial charge in [0.1, 0.15) is 6.61 Å². The summed E-state index contributed by atoms with van der Waals surface area (Å²) in [6.45, 7) is 0.0937. The quantitative estimate of drug-likeness (QED) is 0.716. The fourth-order valence-electron chi connectivity index (χ4n) is 1.34. The van der Waals surface area contributed by atoms with Gasteiger partial charge in [-0.1, -0.05) is 6.07 Å². The Bertz CT molecular complexity index is 461. The highest BCUT2D eigenvalue weighted by Crippen LogP contribution is 2.14. The number of aromatic amines is 1. The number of H-pyrrole nitrogens is 1. The third kappa shape index (κ3) is 1.69. The van der Waals surface area contributed by atoms with E-state index in [9.17, 15) is 4.79 Å². The maximum atomic E-state index is 10.2. The molecule has 2 aromatic rings. The van der Waals surface area contributed by atoms with Crippen molar-refractivity contribution < 1.29 is 14.6 Å². The van der Waals surface area contributed by atoms with Gasteiger partial charge in [-0.15, -0.1) is 0 Å². The van der Waals surface area contributed by atoms with E-state index in [0.717, 1.165) is 16.5 Å². The zero-order chi connectivity index (χ0) is 9.97. The van der Waals surface area contributed by atoms with Gasteiger partial charge in [-0.05, 0) is 29.1 Å². The number of nitrogens with one attached hydrogen (secondary N) is 1. The first-order valence-corrected chi connectivity index (χ1v) is 4.17. The minimum atomic E-state index is -1.25. The summed E-state index contributed by atoms with van der Waals surface area (Å²) in [6.07, 6.45) is 0.589. The number of hydrogen-bond acceptors (Lipinski definition) is 2. The van der Waals surface area contributed by atoms with Crippen LogP contribution in [0.1, 0.15) is 5.56 Å². The second-order valence-electron chi connectivity index (χ2n) is 2.95. The van der Waals surface area contributed by atoms with E-state index < -0.39 is 6.16 Å². The molecule has 2 N–H and O–H groups in total. The van der Waals surface area contributed by atoms with E-state index in [2.05, 4.69) is 9.72 Å². The molecular formula is C10H9NO3. The van der Waals surface area contributed by atoms with Gasteiger partial charge in [-0.3, -0.25) is 0 Å². The Labute approximate surface area is 80.1 Å². The molecule has 0 aliphatic carbocycles. The molecule has 0 aliphatic heterocycles. The van der Waals surface area contributed by atoms with Gasteiger partial charge in [-0.25, -0.2) is 4.79 Å². The largest absolute Gasteiger partial charge is 0.506 e. The second-order valence-corrected chi connectivity index (χ2v) is 2.95. The van der Waals surface area contributed by atoms with Crippen molar-refractivity contribution in [3.63, 3.8) is 0 Å². The van der Waals surface area contributed by atoms with Gasteiger partial charge in [-0.2, -0.15) is 0 Å². The fourth-order valence-corrected chi connectivity index (χ4v) is 1.34. The summed E-state index contributed by atoms with van der Waals surface area (Å²) in [5.41, 5.74) is 1.88. The molecule has 72 valence electrons. The molecule has 0 saturated heterocycles. The van der Waals surface area contributed by atoms with Crippen LogP contribution < -0.4 is 0 Å². The fraction of sp³-hybridized carbons (Fsp3) is 0.100. The van der Waals surface area contributed by atoms with Crippen molar-refractivity contribution in [3.05, 3.63) is 36.0 Å². The van der Waals surface area contributed by atoms with Crippen molar-refractivity contribution in [3.8, 4) is 0 Å². The molecule has 4 heteroatoms. The SMILES string of the molecule is O=C(O)OCc1ccc2[nH]ccc2c1. The minimum Gasteiger partial charge on any atom is -0.450 e. The van der Waals surface area contributed by atoms with Crippen LogP contribution in [0.15, 0.2) is 30.5 Å². The summed E-state index contributed by atoms with van der Waals surface area (Å²) in [5, 5.41) is 9.37. The first kappa shape index (κ1) is 8.62. The van der Waals surface area contributed by atoms with Crippen molar-refractivity contribution in [2.24, 2.45) is 0 Å². The maximum Gasteiger partial charge on any atom is 0.506 e. The Morgan fingerprint density at radius 1 is 1.43 bits per heavy atom. The monoisotopic (exact) mass is 191 g/mol. The Kier molecular flexibility index (Phi) is 2.10. The molecule has 0 amide bonds. The van der Waals surface area contributed by atoms with Gasteiger partial charge in [0.25, 0.3) is 0 Å². The van der Waals surface area contributed by atoms with Crippen LogP contribution in [0.5, 0.6) is 0 Å². The highest BCUT2D eigenvalue weighted by molar-refractivity contribution is 5.79. The molecule has 0 atom stereocenters. The number of fused-ring (bicyclic) bond motifs is 1. The molecule has 2 rings (SSSR count). The van der Waals surface area contributed by atoms with Crippen molar-refractivity contribution in [2.45, 2.75) is 6.61 Å². The van der Waals surface area contributed by atoms with Crippen LogP contribution in [-0.4, -0.2) is 16.2 Å². The average molecular weight is 191 g/mol. The lowest BCUT2D eigenvalue weighted by molar-refractivity contribution is 0.0854. The second kappa shape index (κ2) is 3.41. The molecule has 0 radical (unpaired) electrons. The van der Waals surface area contributed by atoms with Crippen LogP contribution in [0.25, 0.3) is 10.9 Å². The summed E-state index contributed by atoms with van der Waals surface area (Å²) < 4.78 is 4.46. The first-order chi connectivity index (χ1) is 6.75. The van der Waals surface area contributed by atoms with Crippen LogP contribution in [0, 0.1) is 0 Å². The van der Waals surface area contributed by atoms with Crippen LogP contribution in [-0.2, 0) is 11.3 Å². The molecule has 0 fully saturated rings. The van der Waals surface area contributed by atoms with Crippen molar-refractivity contribution >= 4 is 17.1 Å². The number of carbonyl (C=O) groups is 1. The molecule has 0 unspecified atom stereocenters. The van der Waals surface area contributed by atoms with E-state index in [4.69, 9.17) is 5.11 Å². The van der Waals surface area contributed by atoms with Gasteiger partial charge in [0.05, 0.1) is 0 Å². The molecule has 1 aromatic carbocycles. The van der Waals surface area contributed by atoms with E-state index in [0.29, 0.717) is 0 Å². The Balaban J connectivity index is 2.21. The van der Waals surface area contributed by atoms with E-state index in [1.54, 1.807) is 0 Å². The van der Waals surface area contributed by atoms with Crippen molar-refractivity contribution in [1.82, 2.24) is 4.98 Å². The van der Waals surface area contributed by atoms with E-state index in [1.807, 2.05) is 30.5 Å². The predicted octanol–water partition coefficient (Wildman–Crippen LogP) is 2.36. The van der Waals surface area contributed by atoms with Gasteiger partial charge in [0, 0.05) is 11.7 Å². The molecular weight excluding hydrogens is 182 g/mol. The third-order valence-corrected chi connectivity index (χ3v) is 1.98. The lowest BCUT2D eigenvalue weighted by atomic mass is 10.2. The van der Waals surface area contributed by atoms with Crippen LogP contribution in [0.4, 0.5) is 4.79 Å².